The second kappa shape index (κ2) is 10.4. The Morgan fingerprint density at radius 3 is 1.87 bits per heavy atom. The Bertz CT molecular complexity index is 209. The van der Waals surface area contributed by atoms with E-state index < -0.39 is 16.1 Å². The summed E-state index contributed by atoms with van der Waals surface area (Å²) in [6.07, 6.45) is 4.18. The molecule has 0 aromatic carbocycles. The van der Waals surface area contributed by atoms with Crippen molar-refractivity contribution in [1.82, 2.24) is 0 Å². The second-order valence-corrected chi connectivity index (χ2v) is 4.79. The molecule has 0 aromatic heterocycles. The summed E-state index contributed by atoms with van der Waals surface area (Å²) in [5.41, 5.74) is 0. The van der Waals surface area contributed by atoms with Crippen LogP contribution in [0.3, 0.4) is 0 Å². The van der Waals surface area contributed by atoms with Crippen LogP contribution in [-0.2, 0) is 14.9 Å². The predicted octanol–water partition coefficient (Wildman–Crippen LogP) is 2.50. The number of rotatable bonds is 6. The number of unbranched alkanes of at least 4 members (excludes halogenated alkanes) is 1. The molecule has 0 aromatic rings. The number of hydrogen-bond acceptors (Lipinski definition) is 4. The van der Waals surface area contributed by atoms with E-state index in [-0.39, 0.29) is 6.10 Å². The molecular weight excluding hydrogens is 216 g/mol. The lowest BCUT2D eigenvalue weighted by Crippen LogP contribution is -2.15. The molecule has 0 amide bonds. The van der Waals surface area contributed by atoms with Crippen molar-refractivity contribution in [3.05, 3.63) is 0 Å². The van der Waals surface area contributed by atoms with E-state index in [0.29, 0.717) is 0 Å². The average molecular weight is 239 g/mol. The van der Waals surface area contributed by atoms with E-state index in [2.05, 4.69) is 13.8 Å². The lowest BCUT2D eigenvalue weighted by Gasteiger charge is -2.13. The van der Waals surface area contributed by atoms with E-state index >= 15 is 0 Å². The normalized spacial score (nSPS) is 12.9. The maximum absolute atomic E-state index is 10.1. The van der Waals surface area contributed by atoms with Gasteiger partial charge in [0.1, 0.15) is 16.1 Å². The van der Waals surface area contributed by atoms with Gasteiger partial charge < -0.3 is 9.29 Å². The zero-order chi connectivity index (χ0) is 12.3. The molecule has 0 radical (unpaired) electrons. The molecule has 0 spiro atoms. The molecule has 0 rings (SSSR count). The van der Waals surface area contributed by atoms with E-state index in [4.69, 9.17) is 4.74 Å². The van der Waals surface area contributed by atoms with Crippen molar-refractivity contribution in [2.75, 3.05) is 5.94 Å². The third kappa shape index (κ3) is 20.1. The lowest BCUT2D eigenvalue weighted by molar-refractivity contribution is 0.0891. The van der Waals surface area contributed by atoms with Gasteiger partial charge in [0.25, 0.3) is 0 Å². The first-order valence-corrected chi connectivity index (χ1v) is 7.00. The highest BCUT2D eigenvalue weighted by Gasteiger charge is 2.02. The summed E-state index contributed by atoms with van der Waals surface area (Å²) in [6, 6.07) is 0. The first-order valence-electron chi connectivity index (χ1n) is 5.42. The summed E-state index contributed by atoms with van der Waals surface area (Å²) in [5, 5.41) is 0. The summed E-state index contributed by atoms with van der Waals surface area (Å²) < 4.78 is 34.9. The Morgan fingerprint density at radius 2 is 1.60 bits per heavy atom. The minimum atomic E-state index is -4.21. The SMILES string of the molecule is CCCC.CCCC(C)OCS(=O)(=O)[O-]. The predicted molar refractivity (Wildman–Crippen MR) is 60.6 cm³/mol. The third-order valence-electron chi connectivity index (χ3n) is 1.69. The van der Waals surface area contributed by atoms with Crippen molar-refractivity contribution in [2.45, 2.75) is 59.5 Å². The molecule has 94 valence electrons. The van der Waals surface area contributed by atoms with Crippen molar-refractivity contribution in [1.29, 1.82) is 0 Å². The van der Waals surface area contributed by atoms with Crippen LogP contribution in [0.4, 0.5) is 0 Å². The van der Waals surface area contributed by atoms with E-state index in [9.17, 15) is 13.0 Å². The van der Waals surface area contributed by atoms with Crippen molar-refractivity contribution in [2.24, 2.45) is 0 Å². The average Bonchev–Trinajstić information content (AvgIpc) is 2.15. The van der Waals surface area contributed by atoms with Gasteiger partial charge in [-0.05, 0) is 13.3 Å². The van der Waals surface area contributed by atoms with Crippen LogP contribution in [0, 0.1) is 0 Å². The first kappa shape index (κ1) is 17.3. The van der Waals surface area contributed by atoms with Crippen molar-refractivity contribution in [3.8, 4) is 0 Å². The van der Waals surface area contributed by atoms with Gasteiger partial charge in [-0.1, -0.05) is 40.0 Å². The summed E-state index contributed by atoms with van der Waals surface area (Å²) in [5.74, 6) is -0.714. The fourth-order valence-corrected chi connectivity index (χ4v) is 1.09. The van der Waals surface area contributed by atoms with E-state index in [1.165, 1.54) is 12.8 Å². The molecule has 1 atom stereocenters. The van der Waals surface area contributed by atoms with E-state index in [0.717, 1.165) is 12.8 Å². The minimum Gasteiger partial charge on any atom is -0.746 e. The first-order chi connectivity index (χ1) is 6.87. The van der Waals surface area contributed by atoms with Gasteiger partial charge in [0, 0.05) is 0 Å². The molecule has 0 aliphatic heterocycles. The maximum atomic E-state index is 10.1. The highest BCUT2D eigenvalue weighted by atomic mass is 32.2. The molecular formula is C10H23O4S-. The van der Waals surface area contributed by atoms with E-state index in [1.807, 2.05) is 6.92 Å². The highest BCUT2D eigenvalue weighted by Crippen LogP contribution is 2.01. The molecule has 5 heteroatoms. The smallest absolute Gasteiger partial charge is 0.137 e. The quantitative estimate of drug-likeness (QED) is 0.668. The van der Waals surface area contributed by atoms with Crippen LogP contribution in [0.15, 0.2) is 0 Å². The van der Waals surface area contributed by atoms with Crippen LogP contribution in [0.2, 0.25) is 0 Å². The second-order valence-electron chi connectivity index (χ2n) is 3.44. The minimum absolute atomic E-state index is 0.149. The monoisotopic (exact) mass is 239 g/mol. The maximum Gasteiger partial charge on any atom is 0.137 e. The molecule has 0 aliphatic carbocycles. The Balaban J connectivity index is 0. The molecule has 0 fully saturated rings. The number of ether oxygens (including phenoxy) is 1. The zero-order valence-electron chi connectivity index (χ0n) is 10.2. The largest absolute Gasteiger partial charge is 0.746 e. The van der Waals surface area contributed by atoms with Gasteiger partial charge in [-0.2, -0.15) is 0 Å². The molecule has 0 saturated carbocycles. The van der Waals surface area contributed by atoms with Crippen LogP contribution in [0.5, 0.6) is 0 Å². The van der Waals surface area contributed by atoms with Gasteiger partial charge in [-0.3, -0.25) is 0 Å². The molecule has 1 unspecified atom stereocenters. The molecule has 0 bridgehead atoms. The standard InChI is InChI=1S/C6H14O4S.C4H10/c1-3-4-6(2)10-5-11(7,8)9;1-3-4-2/h6H,3-5H2,1-2H3,(H,7,8,9);3-4H2,1-2H3/p-1. The van der Waals surface area contributed by atoms with Crippen LogP contribution in [0.1, 0.15) is 53.4 Å². The third-order valence-corrected chi connectivity index (χ3v) is 2.12. The van der Waals surface area contributed by atoms with Crippen LogP contribution >= 0.6 is 0 Å². The van der Waals surface area contributed by atoms with Crippen molar-refractivity contribution >= 4 is 10.1 Å². The van der Waals surface area contributed by atoms with Crippen molar-refractivity contribution < 1.29 is 17.7 Å². The van der Waals surface area contributed by atoms with Gasteiger partial charge in [0.15, 0.2) is 0 Å². The summed E-state index contributed by atoms with van der Waals surface area (Å²) in [7, 11) is -4.21. The summed E-state index contributed by atoms with van der Waals surface area (Å²) >= 11 is 0. The Morgan fingerprint density at radius 1 is 1.13 bits per heavy atom. The van der Waals surface area contributed by atoms with Gasteiger partial charge in [-0.25, -0.2) is 8.42 Å². The molecule has 0 heterocycles. The number of hydrogen-bond donors (Lipinski definition) is 0. The van der Waals surface area contributed by atoms with Gasteiger partial charge in [0.2, 0.25) is 0 Å². The lowest BCUT2D eigenvalue weighted by atomic mass is 10.2. The molecule has 15 heavy (non-hydrogen) atoms. The van der Waals surface area contributed by atoms with Crippen molar-refractivity contribution in [3.63, 3.8) is 0 Å². The molecule has 0 aliphatic rings. The Labute approximate surface area is 93.8 Å². The molecule has 0 saturated heterocycles. The Kier molecular flexibility index (Phi) is 12.0. The highest BCUT2D eigenvalue weighted by molar-refractivity contribution is 7.85. The Hall–Kier alpha value is -0.130. The van der Waals surface area contributed by atoms with Gasteiger partial charge in [0.05, 0.1) is 6.10 Å². The summed E-state index contributed by atoms with van der Waals surface area (Å²) in [4.78, 5) is 0. The topological polar surface area (TPSA) is 66.4 Å². The van der Waals surface area contributed by atoms with Crippen LogP contribution in [0.25, 0.3) is 0 Å². The van der Waals surface area contributed by atoms with Gasteiger partial charge in [-0.15, -0.1) is 0 Å². The zero-order valence-corrected chi connectivity index (χ0v) is 11.0. The fourth-order valence-electron chi connectivity index (χ4n) is 0.689. The van der Waals surface area contributed by atoms with Crippen LogP contribution in [-0.4, -0.2) is 25.0 Å². The van der Waals surface area contributed by atoms with Crippen LogP contribution < -0.4 is 0 Å². The van der Waals surface area contributed by atoms with Gasteiger partial charge >= 0.3 is 0 Å². The molecule has 0 N–H and O–H groups in total. The molecule has 4 nitrogen and oxygen atoms in total. The van der Waals surface area contributed by atoms with E-state index in [1.54, 1.807) is 6.92 Å². The summed E-state index contributed by atoms with van der Waals surface area (Å²) in [6.45, 7) is 8.07. The fraction of sp³-hybridized carbons (Fsp3) is 1.00.